The van der Waals surface area contributed by atoms with Crippen LogP contribution in [0.5, 0.6) is 0 Å². The molecule has 0 radical (unpaired) electrons. The highest BCUT2D eigenvalue weighted by atomic mass is 19.4. The maximum absolute atomic E-state index is 14.5. The highest BCUT2D eigenvalue weighted by Gasteiger charge is 2.35. The molecular formula is C23H24F4N6O. The summed E-state index contributed by atoms with van der Waals surface area (Å²) in [5, 5.41) is 12.8. The van der Waals surface area contributed by atoms with E-state index in [2.05, 4.69) is 30.3 Å². The molecular weight excluding hydrogens is 452 g/mol. The molecule has 5 rings (SSSR count). The van der Waals surface area contributed by atoms with Gasteiger partial charge in [0, 0.05) is 55.3 Å². The molecule has 1 atom stereocenters. The first-order chi connectivity index (χ1) is 16.3. The lowest BCUT2D eigenvalue weighted by Crippen LogP contribution is -2.58. The van der Waals surface area contributed by atoms with E-state index in [0.717, 1.165) is 55.4 Å². The molecule has 180 valence electrons. The van der Waals surface area contributed by atoms with E-state index in [1.165, 1.54) is 12.1 Å². The quantitative estimate of drug-likeness (QED) is 0.577. The summed E-state index contributed by atoms with van der Waals surface area (Å²) in [5.41, 5.74) is -0.715. The number of alkyl halides is 3. The number of nitrogens with zero attached hydrogens (tertiary/aromatic N) is 5. The summed E-state index contributed by atoms with van der Waals surface area (Å²) in [6.45, 7) is 6.54. The van der Waals surface area contributed by atoms with Crippen molar-refractivity contribution in [3.05, 3.63) is 53.1 Å². The number of fused-ring (bicyclic) bond motifs is 2. The van der Waals surface area contributed by atoms with Gasteiger partial charge in [-0.1, -0.05) is 12.1 Å². The number of aromatic nitrogens is 3. The predicted octanol–water partition coefficient (Wildman–Crippen LogP) is 3.62. The molecule has 0 amide bonds. The number of hydrogen-bond acceptors (Lipinski definition) is 7. The summed E-state index contributed by atoms with van der Waals surface area (Å²) < 4.78 is 59.3. The van der Waals surface area contributed by atoms with Crippen LogP contribution in [-0.2, 0) is 17.5 Å². The first-order valence-electron chi connectivity index (χ1n) is 11.1. The van der Waals surface area contributed by atoms with Crippen LogP contribution in [0.3, 0.4) is 0 Å². The number of anilines is 2. The predicted molar refractivity (Wildman–Crippen MR) is 119 cm³/mol. The third-order valence-electron chi connectivity index (χ3n) is 6.43. The molecule has 2 fully saturated rings. The first kappa shape index (κ1) is 22.7. The number of benzene rings is 1. The molecule has 1 unspecified atom stereocenters. The van der Waals surface area contributed by atoms with E-state index in [9.17, 15) is 17.6 Å². The lowest BCUT2D eigenvalue weighted by molar-refractivity contribution is -0.140. The Labute approximate surface area is 193 Å². The Morgan fingerprint density at radius 2 is 2.00 bits per heavy atom. The summed E-state index contributed by atoms with van der Waals surface area (Å²) in [6, 6.07) is 5.45. The van der Waals surface area contributed by atoms with Gasteiger partial charge in [-0.15, -0.1) is 5.10 Å². The summed E-state index contributed by atoms with van der Waals surface area (Å²) in [5.74, 6) is -0.152. The first-order valence-corrected chi connectivity index (χ1v) is 11.1. The summed E-state index contributed by atoms with van der Waals surface area (Å²) >= 11 is 0. The van der Waals surface area contributed by atoms with Crippen molar-refractivity contribution in [2.45, 2.75) is 25.7 Å². The molecule has 3 aromatic rings. The van der Waals surface area contributed by atoms with E-state index in [1.54, 1.807) is 6.20 Å². The van der Waals surface area contributed by atoms with Gasteiger partial charge in [0.05, 0.1) is 30.5 Å². The molecule has 7 nitrogen and oxygen atoms in total. The van der Waals surface area contributed by atoms with Crippen LogP contribution in [0.15, 0.2) is 30.5 Å². The topological polar surface area (TPSA) is 66.4 Å². The molecule has 34 heavy (non-hydrogen) atoms. The third kappa shape index (κ3) is 4.37. The molecule has 2 aliphatic heterocycles. The number of nitrogens with one attached hydrogen (secondary N) is 1. The van der Waals surface area contributed by atoms with E-state index in [4.69, 9.17) is 4.74 Å². The van der Waals surface area contributed by atoms with Gasteiger partial charge in [-0.3, -0.25) is 4.90 Å². The molecule has 2 aromatic heterocycles. The van der Waals surface area contributed by atoms with Gasteiger partial charge < -0.3 is 15.0 Å². The largest absolute Gasteiger partial charge is 0.419 e. The van der Waals surface area contributed by atoms with E-state index in [-0.39, 0.29) is 12.1 Å². The van der Waals surface area contributed by atoms with Crippen LogP contribution >= 0.6 is 0 Å². The van der Waals surface area contributed by atoms with Crippen LogP contribution in [0.2, 0.25) is 0 Å². The zero-order chi connectivity index (χ0) is 23.9. The molecule has 2 saturated heterocycles. The number of halogens is 4. The van der Waals surface area contributed by atoms with Crippen LogP contribution in [-0.4, -0.2) is 65.5 Å². The Kier molecular flexibility index (Phi) is 5.98. The van der Waals surface area contributed by atoms with Gasteiger partial charge in [0.2, 0.25) is 0 Å². The fraction of sp³-hybridized carbons (Fsp3) is 0.435. The lowest BCUT2D eigenvalue weighted by atomic mass is 10.1. The Hall–Kier alpha value is -3.05. The van der Waals surface area contributed by atoms with Gasteiger partial charge in [-0.05, 0) is 19.1 Å². The molecule has 0 saturated carbocycles. The van der Waals surface area contributed by atoms with Gasteiger partial charge in [-0.2, -0.15) is 18.3 Å². The second-order valence-corrected chi connectivity index (χ2v) is 8.56. The van der Waals surface area contributed by atoms with Crippen LogP contribution in [0, 0.1) is 12.7 Å². The third-order valence-corrected chi connectivity index (χ3v) is 6.43. The highest BCUT2D eigenvalue weighted by molar-refractivity contribution is 5.94. The van der Waals surface area contributed by atoms with Crippen LogP contribution in [0.1, 0.15) is 16.8 Å². The van der Waals surface area contributed by atoms with Crippen molar-refractivity contribution in [1.82, 2.24) is 20.1 Å². The maximum atomic E-state index is 14.5. The van der Waals surface area contributed by atoms with Crippen LogP contribution in [0.4, 0.5) is 29.2 Å². The summed E-state index contributed by atoms with van der Waals surface area (Å²) in [7, 11) is 0. The molecule has 4 heterocycles. The van der Waals surface area contributed by atoms with Gasteiger partial charge in [0.25, 0.3) is 0 Å². The van der Waals surface area contributed by atoms with Crippen molar-refractivity contribution in [3.63, 3.8) is 0 Å². The Bertz CT molecular complexity index is 1200. The summed E-state index contributed by atoms with van der Waals surface area (Å²) in [6.07, 6.45) is -3.03. The molecule has 2 aliphatic rings. The number of pyridine rings is 1. The van der Waals surface area contributed by atoms with Crippen molar-refractivity contribution < 1.29 is 22.3 Å². The molecule has 1 aromatic carbocycles. The van der Waals surface area contributed by atoms with E-state index >= 15 is 0 Å². The van der Waals surface area contributed by atoms with Crippen molar-refractivity contribution in [2.24, 2.45) is 0 Å². The van der Waals surface area contributed by atoms with Crippen molar-refractivity contribution >= 4 is 22.4 Å². The highest BCUT2D eigenvalue weighted by Crippen LogP contribution is 2.33. The standard InChI is InChI=1S/C23H24F4N6O/c1-14-18-11-28-20(33-6-5-32-7-8-34-13-16(32)12-33)9-17(18)22(31-30-14)29-10-15-3-2-4-19(21(15)24)23(25,26)27/h2-4,9,11,16H,5-8,10,12-13H2,1H3,(H,29,31). The maximum Gasteiger partial charge on any atom is 0.419 e. The second-order valence-electron chi connectivity index (χ2n) is 8.56. The number of rotatable bonds is 4. The van der Waals surface area contributed by atoms with Gasteiger partial charge in [-0.25, -0.2) is 9.37 Å². The fourth-order valence-corrected chi connectivity index (χ4v) is 4.53. The molecule has 1 N–H and O–H groups in total. The van der Waals surface area contributed by atoms with Gasteiger partial charge >= 0.3 is 6.18 Å². The minimum Gasteiger partial charge on any atom is -0.378 e. The number of piperazine rings is 1. The zero-order valence-corrected chi connectivity index (χ0v) is 18.6. The van der Waals surface area contributed by atoms with Crippen molar-refractivity contribution in [2.75, 3.05) is 49.6 Å². The molecule has 11 heteroatoms. The SMILES string of the molecule is Cc1nnc(NCc2cccc(C(F)(F)F)c2F)c2cc(N3CCN4CCOCC4C3)ncc12. The Morgan fingerprint density at radius 3 is 2.82 bits per heavy atom. The lowest BCUT2D eigenvalue weighted by Gasteiger charge is -2.44. The van der Waals surface area contributed by atoms with Gasteiger partial charge in [0.1, 0.15) is 11.6 Å². The molecule has 0 spiro atoms. The molecule has 0 bridgehead atoms. The number of ether oxygens (including phenoxy) is 1. The zero-order valence-electron chi connectivity index (χ0n) is 18.6. The average molecular weight is 476 g/mol. The van der Waals surface area contributed by atoms with E-state index in [0.29, 0.717) is 24.2 Å². The minimum absolute atomic E-state index is 0.104. The normalized spacial score (nSPS) is 19.3. The smallest absolute Gasteiger partial charge is 0.378 e. The minimum atomic E-state index is -4.76. The van der Waals surface area contributed by atoms with E-state index in [1.807, 2.05) is 13.0 Å². The second kappa shape index (κ2) is 8.95. The monoisotopic (exact) mass is 476 g/mol. The number of hydrogen-bond donors (Lipinski definition) is 1. The van der Waals surface area contributed by atoms with Crippen molar-refractivity contribution in [1.29, 1.82) is 0 Å². The van der Waals surface area contributed by atoms with Crippen LogP contribution in [0.25, 0.3) is 10.8 Å². The number of morpholine rings is 1. The van der Waals surface area contributed by atoms with E-state index < -0.39 is 17.6 Å². The van der Waals surface area contributed by atoms with Crippen molar-refractivity contribution in [3.8, 4) is 0 Å². The Balaban J connectivity index is 1.42. The summed E-state index contributed by atoms with van der Waals surface area (Å²) in [4.78, 5) is 9.25. The Morgan fingerprint density at radius 1 is 1.15 bits per heavy atom. The van der Waals surface area contributed by atoms with Crippen LogP contribution < -0.4 is 10.2 Å². The fourth-order valence-electron chi connectivity index (χ4n) is 4.53. The average Bonchev–Trinajstić information content (AvgIpc) is 2.83. The molecule has 0 aliphatic carbocycles. The number of aryl methyl sites for hydroxylation is 1. The van der Waals surface area contributed by atoms with Gasteiger partial charge in [0.15, 0.2) is 5.82 Å².